The zero-order chi connectivity index (χ0) is 14.6. The van der Waals surface area contributed by atoms with Gasteiger partial charge in [-0.15, -0.1) is 0 Å². The van der Waals surface area contributed by atoms with Gasteiger partial charge in [0.15, 0.2) is 0 Å². The van der Waals surface area contributed by atoms with E-state index in [-0.39, 0.29) is 0 Å². The molecule has 0 radical (unpaired) electrons. The van der Waals surface area contributed by atoms with E-state index in [1.807, 2.05) is 7.05 Å². The molecule has 1 atom stereocenters. The molecule has 0 aromatic heterocycles. The number of anilines is 1. The Labute approximate surface area is 125 Å². The van der Waals surface area contributed by atoms with Crippen LogP contribution in [0.15, 0.2) is 24.3 Å². The molecule has 1 unspecified atom stereocenters. The Balaban J connectivity index is 2.04. The van der Waals surface area contributed by atoms with Crippen LogP contribution in [0.2, 0.25) is 5.02 Å². The van der Waals surface area contributed by atoms with Crippen LogP contribution in [0.3, 0.4) is 0 Å². The van der Waals surface area contributed by atoms with Crippen molar-refractivity contribution in [2.75, 3.05) is 31.4 Å². The highest BCUT2D eigenvalue weighted by Gasteiger charge is 2.28. The molecule has 1 aliphatic rings. The van der Waals surface area contributed by atoms with E-state index in [1.165, 1.54) is 4.31 Å². The fourth-order valence-electron chi connectivity index (χ4n) is 2.43. The van der Waals surface area contributed by atoms with Crippen LogP contribution in [-0.4, -0.2) is 39.4 Å². The van der Waals surface area contributed by atoms with Gasteiger partial charge >= 0.3 is 10.2 Å². The number of halogens is 1. The monoisotopic (exact) mass is 317 g/mol. The first-order valence-electron chi connectivity index (χ1n) is 6.69. The van der Waals surface area contributed by atoms with Crippen LogP contribution in [0.1, 0.15) is 12.8 Å². The second-order valence-corrected chi connectivity index (χ2v) is 7.15. The molecule has 1 fully saturated rings. The Morgan fingerprint density at radius 3 is 2.70 bits per heavy atom. The van der Waals surface area contributed by atoms with E-state index in [0.717, 1.165) is 19.4 Å². The van der Waals surface area contributed by atoms with Gasteiger partial charge in [-0.2, -0.15) is 12.7 Å². The number of nitrogens with zero attached hydrogens (tertiary/aromatic N) is 1. The van der Waals surface area contributed by atoms with E-state index in [4.69, 9.17) is 11.6 Å². The van der Waals surface area contributed by atoms with E-state index < -0.39 is 10.2 Å². The van der Waals surface area contributed by atoms with Crippen LogP contribution in [0, 0.1) is 5.92 Å². The molecule has 0 amide bonds. The van der Waals surface area contributed by atoms with Crippen LogP contribution in [0.5, 0.6) is 0 Å². The summed E-state index contributed by atoms with van der Waals surface area (Å²) in [5, 5.41) is 3.69. The first-order chi connectivity index (χ1) is 9.51. The molecule has 2 N–H and O–H groups in total. The Hall–Kier alpha value is -0.820. The van der Waals surface area contributed by atoms with Crippen molar-refractivity contribution in [3.63, 3.8) is 0 Å². The summed E-state index contributed by atoms with van der Waals surface area (Å²) >= 11 is 5.79. The molecule has 0 spiro atoms. The lowest BCUT2D eigenvalue weighted by molar-refractivity contribution is 0.264. The van der Waals surface area contributed by atoms with Gasteiger partial charge < -0.3 is 5.32 Å². The van der Waals surface area contributed by atoms with Crippen LogP contribution in [0.25, 0.3) is 0 Å². The first-order valence-corrected chi connectivity index (χ1v) is 8.51. The van der Waals surface area contributed by atoms with Gasteiger partial charge in [-0.05, 0) is 56.6 Å². The summed E-state index contributed by atoms with van der Waals surface area (Å²) in [6.07, 6.45) is 1.96. The molecular formula is C13H20ClN3O2S. The fourth-order valence-corrected chi connectivity index (χ4v) is 3.90. The third-order valence-corrected chi connectivity index (χ3v) is 5.16. The quantitative estimate of drug-likeness (QED) is 0.872. The normalized spacial score (nSPS) is 20.8. The number of benzene rings is 1. The number of piperidine rings is 1. The third-order valence-electron chi connectivity index (χ3n) is 3.41. The summed E-state index contributed by atoms with van der Waals surface area (Å²) < 4.78 is 28.8. The van der Waals surface area contributed by atoms with E-state index >= 15 is 0 Å². The smallest absolute Gasteiger partial charge is 0.301 e. The highest BCUT2D eigenvalue weighted by atomic mass is 35.5. The largest absolute Gasteiger partial charge is 0.319 e. The minimum Gasteiger partial charge on any atom is -0.319 e. The summed E-state index contributed by atoms with van der Waals surface area (Å²) in [5.74, 6) is 0.371. The Bertz CT molecular complexity index is 531. The van der Waals surface area contributed by atoms with E-state index in [9.17, 15) is 8.42 Å². The molecule has 1 saturated heterocycles. The maximum Gasteiger partial charge on any atom is 0.301 e. The lowest BCUT2D eigenvalue weighted by atomic mass is 10.00. The van der Waals surface area contributed by atoms with Crippen molar-refractivity contribution in [2.24, 2.45) is 5.92 Å². The second-order valence-electron chi connectivity index (χ2n) is 5.04. The Morgan fingerprint density at radius 1 is 1.35 bits per heavy atom. The van der Waals surface area contributed by atoms with Crippen molar-refractivity contribution >= 4 is 27.5 Å². The molecule has 5 nitrogen and oxygen atoms in total. The van der Waals surface area contributed by atoms with Crippen molar-refractivity contribution in [2.45, 2.75) is 12.8 Å². The van der Waals surface area contributed by atoms with Crippen LogP contribution in [-0.2, 0) is 10.2 Å². The molecule has 1 heterocycles. The zero-order valence-electron chi connectivity index (χ0n) is 11.5. The van der Waals surface area contributed by atoms with Crippen LogP contribution >= 0.6 is 11.6 Å². The van der Waals surface area contributed by atoms with Crippen molar-refractivity contribution in [1.29, 1.82) is 0 Å². The number of hydrogen-bond donors (Lipinski definition) is 2. The maximum atomic E-state index is 12.4. The second kappa shape index (κ2) is 6.76. The van der Waals surface area contributed by atoms with Gasteiger partial charge in [-0.25, -0.2) is 0 Å². The summed E-state index contributed by atoms with van der Waals surface area (Å²) in [6.45, 7) is 1.97. The predicted molar refractivity (Wildman–Crippen MR) is 82.2 cm³/mol. The summed E-state index contributed by atoms with van der Waals surface area (Å²) in [5.41, 5.74) is 0.533. The number of rotatable bonds is 5. The van der Waals surface area contributed by atoms with Crippen LogP contribution in [0.4, 0.5) is 5.69 Å². The molecule has 0 bridgehead atoms. The number of hydrogen-bond acceptors (Lipinski definition) is 3. The third kappa shape index (κ3) is 4.09. The molecule has 112 valence electrons. The van der Waals surface area contributed by atoms with Gasteiger partial charge in [-0.3, -0.25) is 4.72 Å². The molecule has 2 rings (SSSR count). The molecule has 0 aliphatic carbocycles. The Kier molecular flexibility index (Phi) is 5.26. The SMILES string of the molecule is CNCC1CCCN(S(=O)(=O)Nc2ccc(Cl)cc2)C1. The lowest BCUT2D eigenvalue weighted by Crippen LogP contribution is -2.44. The minimum atomic E-state index is -3.49. The fraction of sp³-hybridized carbons (Fsp3) is 0.538. The van der Waals surface area contributed by atoms with Gasteiger partial charge in [0.2, 0.25) is 0 Å². The van der Waals surface area contributed by atoms with Gasteiger partial charge in [-0.1, -0.05) is 11.6 Å². The summed E-state index contributed by atoms with van der Waals surface area (Å²) in [4.78, 5) is 0. The van der Waals surface area contributed by atoms with Gasteiger partial charge in [0.25, 0.3) is 0 Å². The van der Waals surface area contributed by atoms with Gasteiger partial charge in [0, 0.05) is 23.8 Å². The standard InChI is InChI=1S/C13H20ClN3O2S/c1-15-9-11-3-2-8-17(10-11)20(18,19)16-13-6-4-12(14)5-7-13/h4-7,11,15-16H,2-3,8-10H2,1H3. The molecular weight excluding hydrogens is 298 g/mol. The van der Waals surface area contributed by atoms with Gasteiger partial charge in [0.05, 0.1) is 0 Å². The topological polar surface area (TPSA) is 61.4 Å². The van der Waals surface area contributed by atoms with Crippen molar-refractivity contribution in [1.82, 2.24) is 9.62 Å². The number of nitrogens with one attached hydrogen (secondary N) is 2. The highest BCUT2D eigenvalue weighted by molar-refractivity contribution is 7.90. The molecule has 1 aromatic carbocycles. The van der Waals surface area contributed by atoms with Crippen molar-refractivity contribution in [3.05, 3.63) is 29.3 Å². The average molecular weight is 318 g/mol. The average Bonchev–Trinajstić information content (AvgIpc) is 2.42. The minimum absolute atomic E-state index is 0.371. The zero-order valence-corrected chi connectivity index (χ0v) is 13.0. The lowest BCUT2D eigenvalue weighted by Gasteiger charge is -2.31. The summed E-state index contributed by atoms with van der Waals surface area (Å²) in [7, 11) is -1.60. The van der Waals surface area contributed by atoms with E-state index in [2.05, 4.69) is 10.0 Å². The highest BCUT2D eigenvalue weighted by Crippen LogP contribution is 2.21. The molecule has 1 aliphatic heterocycles. The molecule has 20 heavy (non-hydrogen) atoms. The van der Waals surface area contributed by atoms with Crippen molar-refractivity contribution in [3.8, 4) is 0 Å². The summed E-state index contributed by atoms with van der Waals surface area (Å²) in [6, 6.07) is 6.66. The van der Waals surface area contributed by atoms with Crippen molar-refractivity contribution < 1.29 is 8.42 Å². The van der Waals surface area contributed by atoms with E-state index in [1.54, 1.807) is 24.3 Å². The van der Waals surface area contributed by atoms with Gasteiger partial charge in [0.1, 0.15) is 0 Å². The maximum absolute atomic E-state index is 12.4. The predicted octanol–water partition coefficient (Wildman–Crippen LogP) is 1.93. The Morgan fingerprint density at radius 2 is 2.05 bits per heavy atom. The molecule has 0 saturated carbocycles. The molecule has 7 heteroatoms. The van der Waals surface area contributed by atoms with E-state index in [0.29, 0.717) is 29.7 Å². The van der Waals surface area contributed by atoms with Crippen LogP contribution < -0.4 is 10.0 Å². The first kappa shape index (κ1) is 15.6. The molecule has 1 aromatic rings.